The first-order chi connectivity index (χ1) is 13.0. The maximum atomic E-state index is 12.3. The molecular weight excluding hydrogens is 370 g/mol. The second-order valence-corrected chi connectivity index (χ2v) is 6.48. The molecule has 0 aliphatic carbocycles. The summed E-state index contributed by atoms with van der Waals surface area (Å²) in [7, 11) is 1.71. The molecule has 1 aromatic carbocycles. The summed E-state index contributed by atoms with van der Waals surface area (Å²) < 4.78 is 8.39. The van der Waals surface area contributed by atoms with Crippen molar-refractivity contribution in [3.8, 4) is 5.75 Å². The minimum Gasteiger partial charge on any atom is -0.494 e. The molecule has 0 saturated heterocycles. The smallest absolute Gasteiger partial charge is 0.264 e. The predicted octanol–water partition coefficient (Wildman–Crippen LogP) is 1.76. The number of nitrogens with one attached hydrogen (secondary N) is 1. The molecule has 2 aromatic heterocycles. The number of carbonyl (C=O) groups excluding carboxylic acids is 1. The molecule has 0 radical (unpaired) electrons. The molecule has 3 rings (SSSR count). The molecule has 0 saturated carbocycles. The number of aromatic nitrogens is 4. The lowest BCUT2D eigenvalue weighted by atomic mass is 10.3. The van der Waals surface area contributed by atoms with Gasteiger partial charge in [0, 0.05) is 18.6 Å². The van der Waals surface area contributed by atoms with Crippen molar-refractivity contribution in [2.45, 2.75) is 19.4 Å². The van der Waals surface area contributed by atoms with Crippen LogP contribution in [0.5, 0.6) is 5.75 Å². The maximum absolute atomic E-state index is 12.3. The van der Waals surface area contributed by atoms with Crippen LogP contribution in [0.4, 0.5) is 0 Å². The number of aryl methyl sites for hydroxylation is 1. The average Bonchev–Trinajstić information content (AvgIpc) is 3.03. The first-order valence-corrected chi connectivity index (χ1v) is 8.94. The highest BCUT2D eigenvalue weighted by Crippen LogP contribution is 2.15. The van der Waals surface area contributed by atoms with E-state index in [0.29, 0.717) is 29.2 Å². The van der Waals surface area contributed by atoms with Crippen molar-refractivity contribution in [2.75, 3.05) is 13.2 Å². The number of hydrogen-bond donors (Lipinski definition) is 1. The largest absolute Gasteiger partial charge is 0.494 e. The van der Waals surface area contributed by atoms with E-state index in [9.17, 15) is 9.59 Å². The van der Waals surface area contributed by atoms with Gasteiger partial charge in [0.05, 0.1) is 12.8 Å². The van der Waals surface area contributed by atoms with Crippen molar-refractivity contribution in [1.82, 2.24) is 24.6 Å². The Bertz CT molecular complexity index is 981. The molecule has 0 aliphatic heterocycles. The fraction of sp³-hybridized carbons (Fsp3) is 0.333. The number of carbonyl (C=O) groups is 1. The molecule has 0 aliphatic rings. The van der Waals surface area contributed by atoms with E-state index in [-0.39, 0.29) is 18.0 Å². The Hall–Kier alpha value is -2.87. The number of nitrogens with zero attached hydrogens (tertiary/aromatic N) is 4. The predicted molar refractivity (Wildman–Crippen MR) is 102 cm³/mol. The van der Waals surface area contributed by atoms with Crippen molar-refractivity contribution in [3.63, 3.8) is 0 Å². The minimum atomic E-state index is -0.278. The van der Waals surface area contributed by atoms with Gasteiger partial charge in [-0.1, -0.05) is 11.6 Å². The third-order valence-electron chi connectivity index (χ3n) is 4.01. The van der Waals surface area contributed by atoms with Crippen LogP contribution in [0, 0.1) is 0 Å². The van der Waals surface area contributed by atoms with Crippen LogP contribution >= 0.6 is 11.6 Å². The van der Waals surface area contributed by atoms with Gasteiger partial charge in [0.15, 0.2) is 5.65 Å². The van der Waals surface area contributed by atoms with Gasteiger partial charge in [-0.2, -0.15) is 5.10 Å². The molecule has 0 spiro atoms. The second-order valence-electron chi connectivity index (χ2n) is 6.04. The molecule has 9 heteroatoms. The Labute approximate surface area is 160 Å². The summed E-state index contributed by atoms with van der Waals surface area (Å²) in [5, 5.41) is 7.86. The van der Waals surface area contributed by atoms with Crippen molar-refractivity contribution >= 4 is 28.5 Å². The third kappa shape index (κ3) is 4.85. The molecule has 1 amide bonds. The van der Waals surface area contributed by atoms with Gasteiger partial charge in [0.1, 0.15) is 24.0 Å². The van der Waals surface area contributed by atoms with Gasteiger partial charge in [0.2, 0.25) is 5.91 Å². The average molecular weight is 390 g/mol. The van der Waals surface area contributed by atoms with E-state index in [4.69, 9.17) is 16.3 Å². The quantitative estimate of drug-likeness (QED) is 0.593. The molecule has 2 heterocycles. The fourth-order valence-electron chi connectivity index (χ4n) is 2.57. The van der Waals surface area contributed by atoms with Crippen LogP contribution in [0.25, 0.3) is 11.0 Å². The van der Waals surface area contributed by atoms with E-state index >= 15 is 0 Å². The molecule has 27 heavy (non-hydrogen) atoms. The Kier molecular flexibility index (Phi) is 6.08. The van der Waals surface area contributed by atoms with Crippen LogP contribution < -0.4 is 15.6 Å². The number of benzene rings is 1. The molecule has 0 bridgehead atoms. The van der Waals surface area contributed by atoms with Gasteiger partial charge >= 0.3 is 0 Å². The van der Waals surface area contributed by atoms with E-state index in [1.807, 2.05) is 12.1 Å². The third-order valence-corrected chi connectivity index (χ3v) is 4.26. The number of unbranched alkanes of at least 4 members (excludes halogenated alkanes) is 1. The monoisotopic (exact) mass is 389 g/mol. The topological polar surface area (TPSA) is 91.0 Å². The van der Waals surface area contributed by atoms with Gasteiger partial charge < -0.3 is 10.1 Å². The van der Waals surface area contributed by atoms with E-state index in [1.165, 1.54) is 21.8 Å². The molecule has 0 atom stereocenters. The Morgan fingerprint density at radius 1 is 1.26 bits per heavy atom. The molecule has 1 N–H and O–H groups in total. The van der Waals surface area contributed by atoms with E-state index in [1.54, 1.807) is 19.2 Å². The fourth-order valence-corrected chi connectivity index (χ4v) is 2.69. The Morgan fingerprint density at radius 3 is 2.81 bits per heavy atom. The normalized spacial score (nSPS) is 10.9. The highest BCUT2D eigenvalue weighted by atomic mass is 35.5. The first kappa shape index (κ1) is 18.9. The first-order valence-electron chi connectivity index (χ1n) is 8.57. The summed E-state index contributed by atoms with van der Waals surface area (Å²) >= 11 is 5.82. The second kappa shape index (κ2) is 8.68. The zero-order chi connectivity index (χ0) is 19.2. The summed E-state index contributed by atoms with van der Waals surface area (Å²) in [6, 6.07) is 7.18. The summed E-state index contributed by atoms with van der Waals surface area (Å²) in [4.78, 5) is 28.5. The molecule has 0 fully saturated rings. The number of rotatable bonds is 8. The van der Waals surface area contributed by atoms with E-state index in [0.717, 1.165) is 18.6 Å². The zero-order valence-electron chi connectivity index (χ0n) is 14.9. The summed E-state index contributed by atoms with van der Waals surface area (Å²) in [6.07, 6.45) is 4.39. The number of amides is 1. The van der Waals surface area contributed by atoms with Gasteiger partial charge in [-0.05, 0) is 37.1 Å². The molecule has 3 aromatic rings. The SMILES string of the molecule is Cn1ncc2c(=O)n(CC(=O)NCCCCOc3ccc(Cl)cc3)cnc21. The van der Waals surface area contributed by atoms with Crippen molar-refractivity contribution in [2.24, 2.45) is 7.05 Å². The van der Waals surface area contributed by atoms with Crippen LogP contribution in [0.15, 0.2) is 41.6 Å². The lowest BCUT2D eigenvalue weighted by Crippen LogP contribution is -2.33. The molecule has 8 nitrogen and oxygen atoms in total. The molecule has 0 unspecified atom stereocenters. The van der Waals surface area contributed by atoms with Crippen LogP contribution in [0.2, 0.25) is 5.02 Å². The van der Waals surface area contributed by atoms with E-state index in [2.05, 4.69) is 15.4 Å². The number of hydrogen-bond acceptors (Lipinski definition) is 5. The van der Waals surface area contributed by atoms with Gasteiger partial charge in [-0.15, -0.1) is 0 Å². The Balaban J connectivity index is 1.39. The standard InChI is InChI=1S/C18H20ClN5O3/c1-23-17-15(10-22-23)18(26)24(12-21-17)11-16(25)20-8-2-3-9-27-14-6-4-13(19)5-7-14/h4-7,10,12H,2-3,8-9,11H2,1H3,(H,20,25). The number of halogens is 1. The van der Waals surface area contributed by atoms with E-state index < -0.39 is 0 Å². The highest BCUT2D eigenvalue weighted by molar-refractivity contribution is 6.30. The van der Waals surface area contributed by atoms with Gasteiger partial charge in [0.25, 0.3) is 5.56 Å². The Morgan fingerprint density at radius 2 is 2.04 bits per heavy atom. The van der Waals surface area contributed by atoms with Crippen molar-refractivity contribution < 1.29 is 9.53 Å². The molecule has 142 valence electrons. The van der Waals surface area contributed by atoms with Crippen LogP contribution in [-0.2, 0) is 18.4 Å². The zero-order valence-corrected chi connectivity index (χ0v) is 15.6. The molecular formula is C18H20ClN5O3. The summed E-state index contributed by atoms with van der Waals surface area (Å²) in [5.74, 6) is 0.530. The van der Waals surface area contributed by atoms with Gasteiger partial charge in [-0.3, -0.25) is 18.8 Å². The van der Waals surface area contributed by atoms with Crippen molar-refractivity contribution in [3.05, 3.63) is 52.2 Å². The van der Waals surface area contributed by atoms with Gasteiger partial charge in [-0.25, -0.2) is 4.98 Å². The number of ether oxygens (including phenoxy) is 1. The van der Waals surface area contributed by atoms with Crippen LogP contribution in [0.1, 0.15) is 12.8 Å². The summed E-state index contributed by atoms with van der Waals surface area (Å²) in [6.45, 7) is 0.997. The number of fused-ring (bicyclic) bond motifs is 1. The lowest BCUT2D eigenvalue weighted by Gasteiger charge is -2.08. The highest BCUT2D eigenvalue weighted by Gasteiger charge is 2.10. The lowest BCUT2D eigenvalue weighted by molar-refractivity contribution is -0.121. The maximum Gasteiger partial charge on any atom is 0.264 e. The van der Waals surface area contributed by atoms with Crippen molar-refractivity contribution in [1.29, 1.82) is 0 Å². The summed E-state index contributed by atoms with van der Waals surface area (Å²) in [5.41, 5.74) is 0.219. The van der Waals surface area contributed by atoms with Crippen LogP contribution in [-0.4, -0.2) is 38.4 Å². The van der Waals surface area contributed by atoms with Crippen LogP contribution in [0.3, 0.4) is 0 Å². The minimum absolute atomic E-state index is 0.0715.